The van der Waals surface area contributed by atoms with Crippen molar-refractivity contribution in [3.05, 3.63) is 71.3 Å². The van der Waals surface area contributed by atoms with Crippen molar-refractivity contribution in [3.63, 3.8) is 0 Å². The van der Waals surface area contributed by atoms with Crippen LogP contribution in [0.1, 0.15) is 29.7 Å². The average Bonchev–Trinajstić information content (AvgIpc) is 2.53. The Kier molecular flexibility index (Phi) is 4.66. The molecule has 1 N–H and O–H groups in total. The molecule has 0 amide bonds. The first-order valence-electron chi connectivity index (χ1n) is 6.70. The minimum absolute atomic E-state index is 0.00419. The molecule has 0 aliphatic heterocycles. The maximum Gasteiger partial charge on any atom is 0.285 e. The van der Waals surface area contributed by atoms with E-state index < -0.39 is 12.5 Å². The largest absolute Gasteiger partial charge is 0.304 e. The van der Waals surface area contributed by atoms with Crippen molar-refractivity contribution in [2.24, 2.45) is 0 Å². The molecule has 0 aromatic heterocycles. The van der Waals surface area contributed by atoms with E-state index in [1.807, 2.05) is 13.0 Å². The molecule has 0 radical (unpaired) electrons. The summed E-state index contributed by atoms with van der Waals surface area (Å²) in [6.45, 7) is 1.39. The van der Waals surface area contributed by atoms with Crippen LogP contribution in [0.4, 0.5) is 8.78 Å². The van der Waals surface area contributed by atoms with Gasteiger partial charge in [0.15, 0.2) is 0 Å². The van der Waals surface area contributed by atoms with Gasteiger partial charge in [-0.15, -0.1) is 0 Å². The molecular weight excluding hydrogens is 270 g/mol. The van der Waals surface area contributed by atoms with E-state index in [0.717, 1.165) is 5.56 Å². The zero-order valence-electron chi connectivity index (χ0n) is 11.7. The summed E-state index contributed by atoms with van der Waals surface area (Å²) in [5.41, 5.74) is 1.43. The van der Waals surface area contributed by atoms with E-state index in [-0.39, 0.29) is 11.6 Å². The van der Waals surface area contributed by atoms with Gasteiger partial charge in [0.1, 0.15) is 0 Å². The van der Waals surface area contributed by atoms with E-state index >= 15 is 0 Å². The summed E-state index contributed by atoms with van der Waals surface area (Å²) < 4.78 is 28.1. The highest BCUT2D eigenvalue weighted by atomic mass is 19.3. The van der Waals surface area contributed by atoms with Crippen molar-refractivity contribution < 1.29 is 8.78 Å². The topological polar surface area (TPSA) is 35.8 Å². The van der Waals surface area contributed by atoms with Gasteiger partial charge < -0.3 is 5.32 Å². The molecule has 1 atom stereocenters. The van der Waals surface area contributed by atoms with Gasteiger partial charge in [-0.3, -0.25) is 0 Å². The maximum absolute atomic E-state index is 14.0. The predicted molar refractivity (Wildman–Crippen MR) is 77.9 cm³/mol. The molecule has 0 saturated heterocycles. The molecule has 2 nitrogen and oxygen atoms in total. The summed E-state index contributed by atoms with van der Waals surface area (Å²) in [5.74, 6) is -2.91. The molecule has 0 aliphatic rings. The highest BCUT2D eigenvalue weighted by molar-refractivity contribution is 5.32. The Bertz CT molecular complexity index is 615. The SMILES string of the molecule is CC(NCC(F)(F)c1ccccc1)c1ccc(C#N)cc1. The zero-order chi connectivity index (χ0) is 15.3. The number of rotatable bonds is 5. The van der Waals surface area contributed by atoms with Crippen molar-refractivity contribution in [3.8, 4) is 6.07 Å². The summed E-state index contributed by atoms with van der Waals surface area (Å²) >= 11 is 0. The van der Waals surface area contributed by atoms with Gasteiger partial charge in [0.2, 0.25) is 0 Å². The lowest BCUT2D eigenvalue weighted by Gasteiger charge is -2.21. The van der Waals surface area contributed by atoms with Crippen molar-refractivity contribution in [2.75, 3.05) is 6.54 Å². The van der Waals surface area contributed by atoms with E-state index in [9.17, 15) is 8.78 Å². The van der Waals surface area contributed by atoms with Gasteiger partial charge in [-0.25, -0.2) is 0 Å². The van der Waals surface area contributed by atoms with Gasteiger partial charge in [-0.2, -0.15) is 14.0 Å². The fraction of sp³-hybridized carbons (Fsp3) is 0.235. The van der Waals surface area contributed by atoms with E-state index in [0.29, 0.717) is 5.56 Å². The van der Waals surface area contributed by atoms with Crippen LogP contribution in [0, 0.1) is 11.3 Å². The van der Waals surface area contributed by atoms with Crippen molar-refractivity contribution in [2.45, 2.75) is 18.9 Å². The Morgan fingerprint density at radius 1 is 1.10 bits per heavy atom. The van der Waals surface area contributed by atoms with Crippen LogP contribution in [0.2, 0.25) is 0 Å². The van der Waals surface area contributed by atoms with Gasteiger partial charge >= 0.3 is 0 Å². The monoisotopic (exact) mass is 286 g/mol. The molecule has 2 aromatic rings. The lowest BCUT2D eigenvalue weighted by molar-refractivity contribution is -0.00534. The molecular formula is C17H16F2N2. The normalized spacial score (nSPS) is 12.7. The first kappa shape index (κ1) is 15.1. The summed E-state index contributed by atoms with van der Waals surface area (Å²) in [6, 6.07) is 16.5. The Morgan fingerprint density at radius 3 is 2.29 bits per heavy atom. The van der Waals surface area contributed by atoms with Crippen molar-refractivity contribution in [1.82, 2.24) is 5.32 Å². The number of benzene rings is 2. The van der Waals surface area contributed by atoms with Gasteiger partial charge in [-0.05, 0) is 24.6 Å². The number of nitrogens with zero attached hydrogens (tertiary/aromatic N) is 1. The van der Waals surface area contributed by atoms with Crippen LogP contribution in [-0.4, -0.2) is 6.54 Å². The lowest BCUT2D eigenvalue weighted by Crippen LogP contribution is -2.32. The zero-order valence-corrected chi connectivity index (χ0v) is 11.7. The summed E-state index contributed by atoms with van der Waals surface area (Å²) in [5, 5.41) is 11.6. The molecule has 2 rings (SSSR count). The van der Waals surface area contributed by atoms with Crippen LogP contribution in [0.5, 0.6) is 0 Å². The number of nitrogens with one attached hydrogen (secondary N) is 1. The summed E-state index contributed by atoms with van der Waals surface area (Å²) in [7, 11) is 0. The van der Waals surface area contributed by atoms with Crippen molar-refractivity contribution in [1.29, 1.82) is 5.26 Å². The third kappa shape index (κ3) is 3.87. The fourth-order valence-electron chi connectivity index (χ4n) is 2.03. The number of nitriles is 1. The molecule has 2 aromatic carbocycles. The van der Waals surface area contributed by atoms with E-state index in [1.54, 1.807) is 42.5 Å². The number of hydrogen-bond donors (Lipinski definition) is 1. The Labute approximate surface area is 123 Å². The molecule has 4 heteroatoms. The lowest BCUT2D eigenvalue weighted by atomic mass is 10.0. The molecule has 108 valence electrons. The standard InChI is InChI=1S/C17H16F2N2/c1-13(15-9-7-14(11-20)8-10-15)21-12-17(18,19)16-5-3-2-4-6-16/h2-10,13,21H,12H2,1H3. The summed E-state index contributed by atoms with van der Waals surface area (Å²) in [6.07, 6.45) is 0. The minimum Gasteiger partial charge on any atom is -0.304 e. The van der Waals surface area contributed by atoms with Crippen LogP contribution < -0.4 is 5.32 Å². The Balaban J connectivity index is 2.00. The quantitative estimate of drug-likeness (QED) is 0.901. The first-order chi connectivity index (χ1) is 10.0. The second-order valence-electron chi connectivity index (χ2n) is 4.91. The van der Waals surface area contributed by atoms with E-state index in [4.69, 9.17) is 5.26 Å². The van der Waals surface area contributed by atoms with Crippen LogP contribution in [-0.2, 0) is 5.92 Å². The average molecular weight is 286 g/mol. The minimum atomic E-state index is -2.91. The summed E-state index contributed by atoms with van der Waals surface area (Å²) in [4.78, 5) is 0. The Morgan fingerprint density at radius 2 is 1.71 bits per heavy atom. The van der Waals surface area contributed by atoms with Crippen LogP contribution in [0.15, 0.2) is 54.6 Å². The number of hydrogen-bond acceptors (Lipinski definition) is 2. The number of alkyl halides is 2. The predicted octanol–water partition coefficient (Wildman–Crippen LogP) is 4.00. The Hall–Kier alpha value is -2.25. The molecule has 0 aliphatic carbocycles. The van der Waals surface area contributed by atoms with Crippen LogP contribution >= 0.6 is 0 Å². The number of halogens is 2. The molecule has 0 bridgehead atoms. The molecule has 21 heavy (non-hydrogen) atoms. The van der Waals surface area contributed by atoms with Crippen molar-refractivity contribution >= 4 is 0 Å². The fourth-order valence-corrected chi connectivity index (χ4v) is 2.03. The molecule has 0 spiro atoms. The third-order valence-corrected chi connectivity index (χ3v) is 3.37. The highest BCUT2D eigenvalue weighted by Crippen LogP contribution is 2.27. The molecule has 0 heterocycles. The van der Waals surface area contributed by atoms with Gasteiger partial charge in [0, 0.05) is 11.6 Å². The smallest absolute Gasteiger partial charge is 0.285 e. The second-order valence-corrected chi connectivity index (χ2v) is 4.91. The maximum atomic E-state index is 14.0. The van der Waals surface area contributed by atoms with Gasteiger partial charge in [-0.1, -0.05) is 42.5 Å². The van der Waals surface area contributed by atoms with E-state index in [2.05, 4.69) is 5.32 Å². The molecule has 0 saturated carbocycles. The molecule has 0 fully saturated rings. The molecule has 1 unspecified atom stereocenters. The third-order valence-electron chi connectivity index (χ3n) is 3.37. The first-order valence-corrected chi connectivity index (χ1v) is 6.70. The van der Waals surface area contributed by atoms with Gasteiger partial charge in [0.05, 0.1) is 18.2 Å². The van der Waals surface area contributed by atoms with Gasteiger partial charge in [0.25, 0.3) is 5.92 Å². The van der Waals surface area contributed by atoms with Crippen LogP contribution in [0.25, 0.3) is 0 Å². The van der Waals surface area contributed by atoms with E-state index in [1.165, 1.54) is 12.1 Å². The van der Waals surface area contributed by atoms with Crippen LogP contribution in [0.3, 0.4) is 0 Å². The highest BCUT2D eigenvalue weighted by Gasteiger charge is 2.31. The second kappa shape index (κ2) is 6.47.